The van der Waals surface area contributed by atoms with E-state index in [9.17, 15) is 13.2 Å². The summed E-state index contributed by atoms with van der Waals surface area (Å²) in [5.41, 5.74) is 6.01. The van der Waals surface area contributed by atoms with E-state index in [-0.39, 0.29) is 10.5 Å². The van der Waals surface area contributed by atoms with Crippen LogP contribution in [0.5, 0.6) is 0 Å². The lowest BCUT2D eigenvalue weighted by Crippen LogP contribution is -2.18. The summed E-state index contributed by atoms with van der Waals surface area (Å²) in [6, 6.07) is 8.67. The Balaban J connectivity index is 2.36. The van der Waals surface area contributed by atoms with Crippen LogP contribution in [0.1, 0.15) is 0 Å². The molecule has 0 radical (unpaired) electrons. The average molecular weight is 279 g/mol. The zero-order valence-corrected chi connectivity index (χ0v) is 11.0. The normalized spacial score (nSPS) is 11.2. The minimum absolute atomic E-state index is 0.0707. The van der Waals surface area contributed by atoms with Gasteiger partial charge in [-0.3, -0.25) is 9.52 Å². The Morgan fingerprint density at radius 3 is 2.58 bits per heavy atom. The molecule has 0 bridgehead atoms. The maximum atomic E-state index is 12.1. The molecule has 0 aliphatic rings. The Morgan fingerprint density at radius 2 is 1.95 bits per heavy atom. The van der Waals surface area contributed by atoms with Crippen molar-refractivity contribution >= 4 is 21.4 Å². The number of nitrogens with one attached hydrogen (secondary N) is 1. The quantitative estimate of drug-likeness (QED) is 0.811. The number of sulfonamides is 1. The number of nitrogen functional groups attached to an aromatic ring is 1. The summed E-state index contributed by atoms with van der Waals surface area (Å²) in [7, 11) is -2.17. The zero-order chi connectivity index (χ0) is 14.0. The van der Waals surface area contributed by atoms with E-state index in [0.29, 0.717) is 11.4 Å². The van der Waals surface area contributed by atoms with Crippen molar-refractivity contribution in [3.05, 3.63) is 52.9 Å². The highest BCUT2D eigenvalue weighted by molar-refractivity contribution is 7.92. The smallest absolute Gasteiger partial charge is 0.262 e. The Kier molecular flexibility index (Phi) is 3.30. The summed E-state index contributed by atoms with van der Waals surface area (Å²) >= 11 is 0. The van der Waals surface area contributed by atoms with Crippen molar-refractivity contribution in [2.45, 2.75) is 4.90 Å². The first-order valence-corrected chi connectivity index (χ1v) is 6.92. The lowest BCUT2D eigenvalue weighted by molar-refractivity contribution is 0.601. The minimum atomic E-state index is -3.71. The third-order valence-corrected chi connectivity index (χ3v) is 3.89. The molecule has 1 heterocycles. The molecule has 2 aromatic rings. The third-order valence-electron chi connectivity index (χ3n) is 2.51. The second-order valence-electron chi connectivity index (χ2n) is 4.04. The lowest BCUT2D eigenvalue weighted by atomic mass is 10.3. The van der Waals surface area contributed by atoms with Crippen LogP contribution in [0.2, 0.25) is 0 Å². The maximum Gasteiger partial charge on any atom is 0.262 e. The maximum absolute atomic E-state index is 12.1. The van der Waals surface area contributed by atoms with Crippen LogP contribution in [0.15, 0.2) is 52.3 Å². The van der Waals surface area contributed by atoms with Gasteiger partial charge in [0.25, 0.3) is 10.0 Å². The molecular weight excluding hydrogens is 266 g/mol. The topological polar surface area (TPSA) is 94.2 Å². The van der Waals surface area contributed by atoms with Crippen LogP contribution < -0.4 is 16.0 Å². The second-order valence-corrected chi connectivity index (χ2v) is 5.73. The Morgan fingerprint density at radius 1 is 1.21 bits per heavy atom. The highest BCUT2D eigenvalue weighted by Crippen LogP contribution is 2.16. The number of anilines is 2. The highest BCUT2D eigenvalue weighted by Gasteiger charge is 2.14. The molecule has 6 nitrogen and oxygen atoms in total. The van der Waals surface area contributed by atoms with Gasteiger partial charge in [-0.2, -0.15) is 0 Å². The van der Waals surface area contributed by atoms with Crippen LogP contribution in [0, 0.1) is 0 Å². The molecule has 7 heteroatoms. The van der Waals surface area contributed by atoms with Crippen LogP contribution in [0.4, 0.5) is 11.4 Å². The SMILES string of the molecule is Cn1cc(NS(=O)(=O)c2cccc(N)c2)ccc1=O. The fraction of sp³-hybridized carbons (Fsp3) is 0.0833. The van der Waals surface area contributed by atoms with Crippen LogP contribution in [0.25, 0.3) is 0 Å². The Bertz CT molecular complexity index is 766. The Hall–Kier alpha value is -2.28. The molecule has 0 spiro atoms. The summed E-state index contributed by atoms with van der Waals surface area (Å²) in [6.45, 7) is 0. The van der Waals surface area contributed by atoms with Crippen molar-refractivity contribution < 1.29 is 8.42 Å². The predicted molar refractivity (Wildman–Crippen MR) is 73.3 cm³/mol. The molecule has 0 unspecified atom stereocenters. The van der Waals surface area contributed by atoms with Gasteiger partial charge in [0.2, 0.25) is 5.56 Å². The molecule has 0 amide bonds. The van der Waals surface area contributed by atoms with Gasteiger partial charge in [0, 0.05) is 25.0 Å². The van der Waals surface area contributed by atoms with E-state index in [1.165, 1.54) is 35.0 Å². The van der Waals surface area contributed by atoms with Gasteiger partial charge in [-0.25, -0.2) is 8.42 Å². The molecule has 100 valence electrons. The van der Waals surface area contributed by atoms with Crippen LogP contribution in [-0.2, 0) is 17.1 Å². The first kappa shape index (κ1) is 13.2. The largest absolute Gasteiger partial charge is 0.399 e. The number of hydrogen-bond donors (Lipinski definition) is 2. The standard InChI is InChI=1S/C12H13N3O3S/c1-15-8-10(5-6-12(15)16)14-19(17,18)11-4-2-3-9(13)7-11/h2-8,14H,13H2,1H3. The van der Waals surface area contributed by atoms with Crippen LogP contribution >= 0.6 is 0 Å². The molecule has 0 aliphatic heterocycles. The number of hydrogen-bond acceptors (Lipinski definition) is 4. The summed E-state index contributed by atoms with van der Waals surface area (Å²) in [5.74, 6) is 0. The van der Waals surface area contributed by atoms with Crippen molar-refractivity contribution in [2.75, 3.05) is 10.5 Å². The monoisotopic (exact) mass is 279 g/mol. The molecule has 3 N–H and O–H groups in total. The van der Waals surface area contributed by atoms with Gasteiger partial charge in [0.15, 0.2) is 0 Å². The number of nitrogens with two attached hydrogens (primary N) is 1. The minimum Gasteiger partial charge on any atom is -0.399 e. The van der Waals surface area contributed by atoms with E-state index in [2.05, 4.69) is 4.72 Å². The van der Waals surface area contributed by atoms with Crippen molar-refractivity contribution in [2.24, 2.45) is 7.05 Å². The van der Waals surface area contributed by atoms with Gasteiger partial charge in [-0.15, -0.1) is 0 Å². The molecule has 19 heavy (non-hydrogen) atoms. The van der Waals surface area contributed by atoms with E-state index < -0.39 is 10.0 Å². The first-order chi connectivity index (χ1) is 8.88. The van der Waals surface area contributed by atoms with E-state index in [0.717, 1.165) is 0 Å². The molecule has 2 rings (SSSR count). The van der Waals surface area contributed by atoms with E-state index in [1.54, 1.807) is 19.2 Å². The van der Waals surface area contributed by atoms with Crippen LogP contribution in [-0.4, -0.2) is 13.0 Å². The predicted octanol–water partition coefficient (Wildman–Crippen LogP) is 0.768. The molecule has 0 fully saturated rings. The van der Waals surface area contributed by atoms with Gasteiger partial charge < -0.3 is 10.3 Å². The zero-order valence-electron chi connectivity index (χ0n) is 10.2. The van der Waals surface area contributed by atoms with Crippen LogP contribution in [0.3, 0.4) is 0 Å². The molecule has 0 atom stereocenters. The molecule has 1 aromatic carbocycles. The third kappa shape index (κ3) is 2.94. The van der Waals surface area contributed by atoms with Crippen molar-refractivity contribution in [3.63, 3.8) is 0 Å². The van der Waals surface area contributed by atoms with Gasteiger partial charge in [0.05, 0.1) is 10.6 Å². The van der Waals surface area contributed by atoms with E-state index in [1.807, 2.05) is 0 Å². The van der Waals surface area contributed by atoms with E-state index in [4.69, 9.17) is 5.73 Å². The average Bonchev–Trinajstić information content (AvgIpc) is 2.33. The Labute approximate surface area is 110 Å². The lowest BCUT2D eigenvalue weighted by Gasteiger charge is -2.09. The van der Waals surface area contributed by atoms with Crippen molar-refractivity contribution in [1.82, 2.24) is 4.57 Å². The first-order valence-electron chi connectivity index (χ1n) is 5.43. The molecule has 0 saturated heterocycles. The number of rotatable bonds is 3. The number of nitrogens with zero attached hydrogens (tertiary/aromatic N) is 1. The number of pyridine rings is 1. The van der Waals surface area contributed by atoms with Crippen molar-refractivity contribution in [3.8, 4) is 0 Å². The van der Waals surface area contributed by atoms with Crippen molar-refractivity contribution in [1.29, 1.82) is 0 Å². The fourth-order valence-electron chi connectivity index (χ4n) is 1.55. The molecule has 0 aliphatic carbocycles. The summed E-state index contributed by atoms with van der Waals surface area (Å²) in [5, 5.41) is 0. The summed E-state index contributed by atoms with van der Waals surface area (Å²) < 4.78 is 27.9. The summed E-state index contributed by atoms with van der Waals surface area (Å²) in [6.07, 6.45) is 1.41. The molecular formula is C12H13N3O3S. The number of benzene rings is 1. The van der Waals surface area contributed by atoms with Gasteiger partial charge in [-0.1, -0.05) is 6.07 Å². The number of aromatic nitrogens is 1. The fourth-order valence-corrected chi connectivity index (χ4v) is 2.65. The highest BCUT2D eigenvalue weighted by atomic mass is 32.2. The second kappa shape index (κ2) is 4.77. The molecule has 1 aromatic heterocycles. The van der Waals surface area contributed by atoms with Gasteiger partial charge in [-0.05, 0) is 24.3 Å². The summed E-state index contributed by atoms with van der Waals surface area (Å²) in [4.78, 5) is 11.3. The van der Waals surface area contributed by atoms with Gasteiger partial charge >= 0.3 is 0 Å². The van der Waals surface area contributed by atoms with Gasteiger partial charge in [0.1, 0.15) is 0 Å². The molecule has 0 saturated carbocycles. The van der Waals surface area contributed by atoms with E-state index >= 15 is 0 Å². The number of aryl methyl sites for hydroxylation is 1.